The number of rotatable bonds is 5. The van der Waals surface area contributed by atoms with Crippen LogP contribution in [0.1, 0.15) is 34.1 Å². The molecular formula is C25H26N3O2+. The fraction of sp³-hybridized carbons (Fsp3) is 0.200. The van der Waals surface area contributed by atoms with E-state index in [1.807, 2.05) is 75.4 Å². The van der Waals surface area contributed by atoms with Crippen molar-refractivity contribution >= 4 is 16.7 Å². The van der Waals surface area contributed by atoms with Gasteiger partial charge in [0.15, 0.2) is 0 Å². The number of H-pyrrole nitrogens is 1. The van der Waals surface area contributed by atoms with Gasteiger partial charge in [0.2, 0.25) is 0 Å². The van der Waals surface area contributed by atoms with Gasteiger partial charge in [0.05, 0.1) is 12.8 Å². The summed E-state index contributed by atoms with van der Waals surface area (Å²) >= 11 is 0. The Balaban J connectivity index is 1.87. The van der Waals surface area contributed by atoms with Gasteiger partial charge in [-0.1, -0.05) is 24.3 Å². The summed E-state index contributed by atoms with van der Waals surface area (Å²) in [6.45, 7) is 5.96. The molecule has 5 nitrogen and oxygen atoms in total. The number of pyridine rings is 2. The second-order valence-corrected chi connectivity index (χ2v) is 7.58. The molecular weight excluding hydrogens is 374 g/mol. The van der Waals surface area contributed by atoms with Crippen LogP contribution in [0.25, 0.3) is 10.9 Å². The van der Waals surface area contributed by atoms with E-state index >= 15 is 0 Å². The van der Waals surface area contributed by atoms with Crippen LogP contribution in [0.5, 0.6) is 11.5 Å². The summed E-state index contributed by atoms with van der Waals surface area (Å²) in [5.41, 5.74) is 5.34. The summed E-state index contributed by atoms with van der Waals surface area (Å²) < 4.78 is 5.43. The number of aryl methyl sites for hydroxylation is 3. The number of fused-ring (bicyclic) bond motifs is 1. The number of aromatic amines is 1. The predicted octanol–water partition coefficient (Wildman–Crippen LogP) is 4.89. The Bertz CT molecular complexity index is 1220. The summed E-state index contributed by atoms with van der Waals surface area (Å²) in [6, 6.07) is 19.7. The van der Waals surface area contributed by atoms with Crippen molar-refractivity contribution in [1.29, 1.82) is 0 Å². The average molecular weight is 401 g/mol. The average Bonchev–Trinajstić information content (AvgIpc) is 2.73. The molecule has 30 heavy (non-hydrogen) atoms. The van der Waals surface area contributed by atoms with Crippen molar-refractivity contribution in [3.8, 4) is 11.5 Å². The zero-order valence-corrected chi connectivity index (χ0v) is 17.7. The van der Waals surface area contributed by atoms with Gasteiger partial charge in [-0.3, -0.25) is 5.32 Å². The summed E-state index contributed by atoms with van der Waals surface area (Å²) in [6.07, 6.45) is 0. The van der Waals surface area contributed by atoms with E-state index in [0.717, 1.165) is 45.0 Å². The maximum Gasteiger partial charge on any atom is 0.273 e. The third-order valence-electron chi connectivity index (χ3n) is 5.31. The van der Waals surface area contributed by atoms with E-state index in [-0.39, 0.29) is 11.8 Å². The SMILES string of the molecule is COc1ccc([C@H](Nc2cccc(C)[nH+]2)c2ccc3ccc(C)nc3c2O)cc1C. The van der Waals surface area contributed by atoms with Crippen LogP contribution in [0.15, 0.2) is 60.7 Å². The number of nitrogens with one attached hydrogen (secondary N) is 2. The van der Waals surface area contributed by atoms with Gasteiger partial charge >= 0.3 is 0 Å². The Morgan fingerprint density at radius 1 is 1.00 bits per heavy atom. The molecule has 0 aliphatic heterocycles. The molecule has 0 saturated carbocycles. The lowest BCUT2D eigenvalue weighted by Gasteiger charge is -2.19. The summed E-state index contributed by atoms with van der Waals surface area (Å²) in [4.78, 5) is 7.92. The van der Waals surface area contributed by atoms with E-state index in [1.165, 1.54) is 0 Å². The van der Waals surface area contributed by atoms with E-state index in [4.69, 9.17) is 4.74 Å². The minimum Gasteiger partial charge on any atom is -0.505 e. The quantitative estimate of drug-likeness (QED) is 0.500. The molecule has 0 spiro atoms. The number of methoxy groups -OCH3 is 1. The van der Waals surface area contributed by atoms with Crippen LogP contribution < -0.4 is 15.0 Å². The zero-order valence-electron chi connectivity index (χ0n) is 17.7. The molecule has 2 aromatic heterocycles. The Hall–Kier alpha value is -3.60. The zero-order chi connectivity index (χ0) is 21.3. The number of anilines is 1. The predicted molar refractivity (Wildman–Crippen MR) is 119 cm³/mol. The third-order valence-corrected chi connectivity index (χ3v) is 5.31. The van der Waals surface area contributed by atoms with E-state index in [1.54, 1.807) is 7.11 Å². The molecule has 1 atom stereocenters. The van der Waals surface area contributed by atoms with Gasteiger partial charge in [-0.25, -0.2) is 9.97 Å². The number of aromatic nitrogens is 2. The van der Waals surface area contributed by atoms with Gasteiger partial charge in [-0.15, -0.1) is 0 Å². The highest BCUT2D eigenvalue weighted by Gasteiger charge is 2.25. The molecule has 3 N–H and O–H groups in total. The smallest absolute Gasteiger partial charge is 0.273 e. The van der Waals surface area contributed by atoms with Crippen LogP contribution in [-0.4, -0.2) is 17.2 Å². The van der Waals surface area contributed by atoms with Gasteiger partial charge in [-0.2, -0.15) is 0 Å². The molecule has 0 amide bonds. The fourth-order valence-electron chi connectivity index (χ4n) is 3.77. The Morgan fingerprint density at radius 2 is 1.80 bits per heavy atom. The first kappa shape index (κ1) is 19.7. The van der Waals surface area contributed by atoms with Crippen LogP contribution in [0.4, 0.5) is 5.82 Å². The lowest BCUT2D eigenvalue weighted by atomic mass is 9.94. The van der Waals surface area contributed by atoms with Crippen molar-refractivity contribution in [1.82, 2.24) is 4.98 Å². The molecule has 0 aliphatic carbocycles. The van der Waals surface area contributed by atoms with Gasteiger partial charge < -0.3 is 9.84 Å². The van der Waals surface area contributed by atoms with Crippen molar-refractivity contribution in [2.45, 2.75) is 26.8 Å². The molecule has 152 valence electrons. The second kappa shape index (κ2) is 8.03. The van der Waals surface area contributed by atoms with Crippen molar-refractivity contribution in [2.24, 2.45) is 0 Å². The Labute approximate surface area is 176 Å². The molecule has 4 rings (SSSR count). The van der Waals surface area contributed by atoms with E-state index < -0.39 is 0 Å². The van der Waals surface area contributed by atoms with E-state index in [0.29, 0.717) is 5.52 Å². The molecule has 2 aromatic carbocycles. The molecule has 0 radical (unpaired) electrons. The number of benzene rings is 2. The number of hydrogen-bond acceptors (Lipinski definition) is 4. The van der Waals surface area contributed by atoms with Crippen LogP contribution in [0.3, 0.4) is 0 Å². The number of hydrogen-bond donors (Lipinski definition) is 2. The molecule has 5 heteroatoms. The molecule has 0 aliphatic rings. The summed E-state index contributed by atoms with van der Waals surface area (Å²) in [5, 5.41) is 15.6. The van der Waals surface area contributed by atoms with E-state index in [2.05, 4.69) is 21.4 Å². The van der Waals surface area contributed by atoms with Crippen molar-refractivity contribution in [3.05, 3.63) is 88.7 Å². The molecule has 0 fully saturated rings. The monoisotopic (exact) mass is 400 g/mol. The highest BCUT2D eigenvalue weighted by molar-refractivity contribution is 5.86. The summed E-state index contributed by atoms with van der Waals surface area (Å²) in [7, 11) is 1.67. The normalized spacial score (nSPS) is 12.0. The maximum absolute atomic E-state index is 11.2. The second-order valence-electron chi connectivity index (χ2n) is 7.58. The highest BCUT2D eigenvalue weighted by Crippen LogP contribution is 2.37. The van der Waals surface area contributed by atoms with Gasteiger partial charge in [0.1, 0.15) is 23.1 Å². The fourth-order valence-corrected chi connectivity index (χ4v) is 3.77. The number of nitrogens with zero attached hydrogens (tertiary/aromatic N) is 1. The van der Waals surface area contributed by atoms with Crippen molar-refractivity contribution < 1.29 is 14.8 Å². The molecule has 0 unspecified atom stereocenters. The van der Waals surface area contributed by atoms with Crippen LogP contribution >= 0.6 is 0 Å². The minimum atomic E-state index is -0.278. The van der Waals surface area contributed by atoms with Crippen LogP contribution in [-0.2, 0) is 0 Å². The Kier molecular flexibility index (Phi) is 5.27. The number of phenolic OH excluding ortho intramolecular Hbond substituents is 1. The van der Waals surface area contributed by atoms with E-state index in [9.17, 15) is 5.11 Å². The largest absolute Gasteiger partial charge is 0.505 e. The maximum atomic E-state index is 11.2. The minimum absolute atomic E-state index is 0.190. The first-order valence-corrected chi connectivity index (χ1v) is 9.95. The first-order valence-electron chi connectivity index (χ1n) is 9.95. The highest BCUT2D eigenvalue weighted by atomic mass is 16.5. The first-order chi connectivity index (χ1) is 14.5. The van der Waals surface area contributed by atoms with Gasteiger partial charge in [-0.05, 0) is 56.7 Å². The standard InChI is InChI=1S/C25H25N3O2/c1-15-14-19(11-13-21(15)30-4)23(28-22-7-5-6-16(2)26-22)20-12-10-18-9-8-17(3)27-24(18)25(20)29/h5-14,23,29H,1-4H3,(H,26,28)/p+1/t23-/m0/s1. The van der Waals surface area contributed by atoms with Gasteiger partial charge in [0, 0.05) is 28.3 Å². The molecule has 0 saturated heterocycles. The Morgan fingerprint density at radius 3 is 2.53 bits per heavy atom. The van der Waals surface area contributed by atoms with Crippen LogP contribution in [0, 0.1) is 20.8 Å². The molecule has 0 bridgehead atoms. The number of phenols is 1. The lowest BCUT2D eigenvalue weighted by Crippen LogP contribution is -2.21. The number of aromatic hydroxyl groups is 1. The lowest BCUT2D eigenvalue weighted by molar-refractivity contribution is -0.371. The molecule has 2 heterocycles. The van der Waals surface area contributed by atoms with Crippen LogP contribution in [0.2, 0.25) is 0 Å². The number of ether oxygens (including phenoxy) is 1. The topological polar surface area (TPSA) is 68.5 Å². The van der Waals surface area contributed by atoms with Crippen molar-refractivity contribution in [3.63, 3.8) is 0 Å². The van der Waals surface area contributed by atoms with Gasteiger partial charge in [0.25, 0.3) is 5.82 Å². The third kappa shape index (κ3) is 3.79. The summed E-state index contributed by atoms with van der Waals surface area (Å²) in [5.74, 6) is 1.89. The van der Waals surface area contributed by atoms with Crippen molar-refractivity contribution in [2.75, 3.05) is 12.4 Å². The molecule has 4 aromatic rings.